The van der Waals surface area contributed by atoms with Gasteiger partial charge in [0.1, 0.15) is 5.69 Å². The van der Waals surface area contributed by atoms with Gasteiger partial charge < -0.3 is 4.52 Å². The van der Waals surface area contributed by atoms with E-state index in [1.54, 1.807) is 6.07 Å². The van der Waals surface area contributed by atoms with Crippen LogP contribution in [0.25, 0.3) is 28.1 Å². The first-order chi connectivity index (χ1) is 12.3. The van der Waals surface area contributed by atoms with E-state index in [4.69, 9.17) is 16.1 Å². The highest BCUT2D eigenvalue weighted by molar-refractivity contribution is 6.32. The van der Waals surface area contributed by atoms with Gasteiger partial charge in [-0.1, -0.05) is 84.4 Å². The van der Waals surface area contributed by atoms with Crippen LogP contribution in [0, 0.1) is 0 Å². The average molecular weight is 348 g/mol. The smallest absolute Gasteiger partial charge is 0.330 e. The lowest BCUT2D eigenvalue weighted by molar-refractivity contribution is 0.327. The van der Waals surface area contributed by atoms with Crippen molar-refractivity contribution in [3.8, 4) is 28.1 Å². The topological polar surface area (TPSA) is 35.1 Å². The number of halogens is 1. The molecule has 0 atom stereocenters. The van der Waals surface area contributed by atoms with Gasteiger partial charge in [0.25, 0.3) is 0 Å². The standard InChI is InChI=1S/C21H14ClNO2/c22-17-13-7-8-14-18(17)23-20(16-11-5-2-6-12-16)19(21(24)25-23)15-9-3-1-4-10-15/h1-14H. The Bertz CT molecular complexity index is 1070. The van der Waals surface area contributed by atoms with E-state index in [0.29, 0.717) is 22.0 Å². The average Bonchev–Trinajstić information content (AvgIpc) is 3.00. The zero-order valence-corrected chi connectivity index (χ0v) is 14.0. The van der Waals surface area contributed by atoms with Crippen LogP contribution in [0.2, 0.25) is 5.02 Å². The third-order valence-corrected chi connectivity index (χ3v) is 4.32. The third kappa shape index (κ3) is 2.79. The van der Waals surface area contributed by atoms with Gasteiger partial charge in [-0.05, 0) is 17.7 Å². The van der Waals surface area contributed by atoms with E-state index < -0.39 is 5.63 Å². The maximum Gasteiger partial charge on any atom is 0.366 e. The maximum absolute atomic E-state index is 12.7. The molecule has 0 saturated heterocycles. The SMILES string of the molecule is O=c1on(-c2ccccc2Cl)c(-c2ccccc2)c1-c1ccccc1. The van der Waals surface area contributed by atoms with Crippen LogP contribution < -0.4 is 5.63 Å². The first-order valence-electron chi connectivity index (χ1n) is 7.88. The molecule has 122 valence electrons. The van der Waals surface area contributed by atoms with E-state index in [0.717, 1.165) is 11.1 Å². The van der Waals surface area contributed by atoms with Crippen molar-refractivity contribution >= 4 is 11.6 Å². The minimum Gasteiger partial charge on any atom is -0.330 e. The molecule has 0 saturated carbocycles. The normalized spacial score (nSPS) is 10.8. The predicted molar refractivity (Wildman–Crippen MR) is 100 cm³/mol. The molecule has 4 heteroatoms. The van der Waals surface area contributed by atoms with Crippen LogP contribution in [0.15, 0.2) is 94.2 Å². The van der Waals surface area contributed by atoms with Crippen LogP contribution in [0.1, 0.15) is 0 Å². The van der Waals surface area contributed by atoms with Gasteiger partial charge in [-0.2, -0.15) is 4.74 Å². The van der Waals surface area contributed by atoms with Gasteiger partial charge in [0.15, 0.2) is 0 Å². The zero-order chi connectivity index (χ0) is 17.2. The molecule has 3 aromatic carbocycles. The minimum atomic E-state index is -0.398. The molecule has 25 heavy (non-hydrogen) atoms. The van der Waals surface area contributed by atoms with Crippen LogP contribution in [0.3, 0.4) is 0 Å². The van der Waals surface area contributed by atoms with Crippen molar-refractivity contribution < 1.29 is 4.52 Å². The quantitative estimate of drug-likeness (QED) is 0.496. The molecule has 0 spiro atoms. The Morgan fingerprint density at radius 1 is 0.720 bits per heavy atom. The van der Waals surface area contributed by atoms with Crippen molar-refractivity contribution in [3.05, 3.63) is 100 Å². The first kappa shape index (κ1) is 15.5. The molecule has 0 bridgehead atoms. The van der Waals surface area contributed by atoms with Gasteiger partial charge in [-0.3, -0.25) is 0 Å². The van der Waals surface area contributed by atoms with Crippen molar-refractivity contribution in [2.45, 2.75) is 0 Å². The van der Waals surface area contributed by atoms with Crippen LogP contribution in [-0.2, 0) is 0 Å². The van der Waals surface area contributed by atoms with Crippen LogP contribution in [-0.4, -0.2) is 4.74 Å². The molecule has 0 N–H and O–H groups in total. The molecule has 0 amide bonds. The molecule has 1 heterocycles. The highest BCUT2D eigenvalue weighted by Gasteiger charge is 2.22. The van der Waals surface area contributed by atoms with Crippen molar-refractivity contribution in [1.29, 1.82) is 0 Å². The number of nitrogens with zero attached hydrogens (tertiary/aromatic N) is 1. The second kappa shape index (κ2) is 6.46. The van der Waals surface area contributed by atoms with Gasteiger partial charge in [0.2, 0.25) is 0 Å². The lowest BCUT2D eigenvalue weighted by atomic mass is 10.0. The summed E-state index contributed by atoms with van der Waals surface area (Å²) in [4.78, 5) is 12.7. The van der Waals surface area contributed by atoms with Gasteiger partial charge in [-0.15, -0.1) is 0 Å². The Labute approximate surface area is 149 Å². The molecule has 4 rings (SSSR count). The molecule has 3 nitrogen and oxygen atoms in total. The number of aromatic nitrogens is 1. The summed E-state index contributed by atoms with van der Waals surface area (Å²) in [5, 5.41) is 0.512. The molecule has 0 radical (unpaired) electrons. The van der Waals surface area contributed by atoms with Gasteiger partial charge in [-0.25, -0.2) is 4.79 Å². The van der Waals surface area contributed by atoms with Crippen molar-refractivity contribution in [2.75, 3.05) is 0 Å². The Hall–Kier alpha value is -3.04. The fourth-order valence-corrected chi connectivity index (χ4v) is 3.09. The lowest BCUT2D eigenvalue weighted by Gasteiger charge is -2.10. The number of rotatable bonds is 3. The summed E-state index contributed by atoms with van der Waals surface area (Å²) in [7, 11) is 0. The van der Waals surface area contributed by atoms with Crippen molar-refractivity contribution in [3.63, 3.8) is 0 Å². The van der Waals surface area contributed by atoms with Gasteiger partial charge >= 0.3 is 5.63 Å². The lowest BCUT2D eigenvalue weighted by Crippen LogP contribution is -1.97. The zero-order valence-electron chi connectivity index (χ0n) is 13.2. The molecule has 4 aromatic rings. The van der Waals surface area contributed by atoms with Crippen LogP contribution in [0.5, 0.6) is 0 Å². The van der Waals surface area contributed by atoms with Gasteiger partial charge in [0.05, 0.1) is 16.3 Å². The Kier molecular flexibility index (Phi) is 4.00. The summed E-state index contributed by atoms with van der Waals surface area (Å²) in [6, 6.07) is 26.5. The second-order valence-electron chi connectivity index (χ2n) is 5.58. The largest absolute Gasteiger partial charge is 0.366 e. The number of para-hydroxylation sites is 1. The highest BCUT2D eigenvalue weighted by Crippen LogP contribution is 2.34. The Morgan fingerprint density at radius 3 is 1.92 bits per heavy atom. The summed E-state index contributed by atoms with van der Waals surface area (Å²) in [6.45, 7) is 0. The fraction of sp³-hybridized carbons (Fsp3) is 0. The summed E-state index contributed by atoms with van der Waals surface area (Å²) >= 11 is 6.34. The van der Waals surface area contributed by atoms with E-state index in [1.807, 2.05) is 78.9 Å². The summed E-state index contributed by atoms with van der Waals surface area (Å²) in [6.07, 6.45) is 0. The van der Waals surface area contributed by atoms with E-state index in [1.165, 1.54) is 4.74 Å². The van der Waals surface area contributed by atoms with Crippen LogP contribution >= 0.6 is 11.6 Å². The predicted octanol–water partition coefficient (Wildman–Crippen LogP) is 5.42. The van der Waals surface area contributed by atoms with E-state index in [2.05, 4.69) is 0 Å². The van der Waals surface area contributed by atoms with Crippen molar-refractivity contribution in [2.24, 2.45) is 0 Å². The first-order valence-corrected chi connectivity index (χ1v) is 8.25. The van der Waals surface area contributed by atoms with E-state index >= 15 is 0 Å². The van der Waals surface area contributed by atoms with E-state index in [9.17, 15) is 4.79 Å². The molecule has 0 aliphatic carbocycles. The molecule has 0 aliphatic rings. The maximum atomic E-state index is 12.7. The molecule has 0 fully saturated rings. The number of hydrogen-bond donors (Lipinski definition) is 0. The molecule has 0 unspecified atom stereocenters. The number of hydrogen-bond acceptors (Lipinski definition) is 2. The monoisotopic (exact) mass is 347 g/mol. The highest BCUT2D eigenvalue weighted by atomic mass is 35.5. The fourth-order valence-electron chi connectivity index (χ4n) is 2.88. The van der Waals surface area contributed by atoms with Crippen molar-refractivity contribution in [1.82, 2.24) is 4.74 Å². The number of benzene rings is 3. The molecule has 1 aromatic heterocycles. The Morgan fingerprint density at radius 2 is 1.28 bits per heavy atom. The second-order valence-corrected chi connectivity index (χ2v) is 5.99. The minimum absolute atomic E-state index is 0.398. The van der Waals surface area contributed by atoms with Crippen LogP contribution in [0.4, 0.5) is 0 Å². The summed E-state index contributed by atoms with van der Waals surface area (Å²) in [5.41, 5.74) is 3.12. The van der Waals surface area contributed by atoms with Gasteiger partial charge in [0, 0.05) is 5.56 Å². The molecule has 0 aliphatic heterocycles. The van der Waals surface area contributed by atoms with E-state index in [-0.39, 0.29) is 0 Å². The third-order valence-electron chi connectivity index (χ3n) is 4.00. The Balaban J connectivity index is 2.07. The summed E-state index contributed by atoms with van der Waals surface area (Å²) < 4.78 is 7.11. The molecular weight excluding hydrogens is 334 g/mol. The molecular formula is C21H14ClNO2. The summed E-state index contributed by atoms with van der Waals surface area (Å²) in [5.74, 6) is 0.